The molecule has 0 aromatic carbocycles. The van der Waals surface area contributed by atoms with Crippen molar-refractivity contribution < 1.29 is 9.53 Å². The van der Waals surface area contributed by atoms with E-state index in [4.69, 9.17) is 10.6 Å². The van der Waals surface area contributed by atoms with Crippen LogP contribution in [0.2, 0.25) is 0 Å². The van der Waals surface area contributed by atoms with Crippen molar-refractivity contribution in [3.05, 3.63) is 11.9 Å². The zero-order valence-electron chi connectivity index (χ0n) is 11.7. The number of amides is 1. The number of hydrogen-bond donors (Lipinski definition) is 3. The van der Waals surface area contributed by atoms with Crippen molar-refractivity contribution in [3.8, 4) is 0 Å². The molecule has 0 aliphatic carbocycles. The average Bonchev–Trinajstić information content (AvgIpc) is 2.47. The number of aromatic nitrogens is 2. The number of piperazine rings is 1. The van der Waals surface area contributed by atoms with Crippen LogP contribution in [-0.4, -0.2) is 41.6 Å². The quantitative estimate of drug-likeness (QED) is 0.499. The number of nitrogen functional groups attached to an aromatic ring is 1. The van der Waals surface area contributed by atoms with Crippen molar-refractivity contribution in [1.82, 2.24) is 15.3 Å². The number of hydrogen-bond acceptors (Lipinski definition) is 7. The van der Waals surface area contributed by atoms with Crippen LogP contribution in [0, 0.1) is 0 Å². The summed E-state index contributed by atoms with van der Waals surface area (Å²) >= 11 is 0. The number of carbonyl (C=O) groups is 1. The molecule has 8 nitrogen and oxygen atoms in total. The van der Waals surface area contributed by atoms with Gasteiger partial charge in [-0.15, -0.1) is 0 Å². The minimum Gasteiger partial charge on any atom is -0.374 e. The number of hydrazine groups is 1. The number of carbonyl (C=O) groups excluding carboxylic acids is 1. The zero-order valence-corrected chi connectivity index (χ0v) is 11.7. The molecule has 0 saturated carbocycles. The number of nitrogens with zero attached hydrogens (tertiary/aromatic N) is 3. The predicted octanol–water partition coefficient (Wildman–Crippen LogP) is -0.377. The fraction of sp³-hybridized carbons (Fsp3) is 0.583. The van der Waals surface area contributed by atoms with Gasteiger partial charge in [-0.1, -0.05) is 0 Å². The first kappa shape index (κ1) is 14.5. The Labute approximate surface area is 117 Å². The van der Waals surface area contributed by atoms with Crippen LogP contribution in [0.5, 0.6) is 0 Å². The molecule has 20 heavy (non-hydrogen) atoms. The topological polar surface area (TPSA) is 105 Å². The van der Waals surface area contributed by atoms with E-state index in [0.717, 1.165) is 0 Å². The van der Waals surface area contributed by atoms with Crippen LogP contribution in [0.4, 0.5) is 11.6 Å². The van der Waals surface area contributed by atoms with E-state index in [1.165, 1.54) is 0 Å². The van der Waals surface area contributed by atoms with Crippen molar-refractivity contribution in [3.63, 3.8) is 0 Å². The van der Waals surface area contributed by atoms with E-state index in [2.05, 4.69) is 20.7 Å². The number of ether oxygens (including phenoxy) is 1. The number of nitrogens with one attached hydrogen (secondary N) is 2. The van der Waals surface area contributed by atoms with Crippen molar-refractivity contribution in [2.75, 3.05) is 30.0 Å². The molecule has 8 heteroatoms. The lowest BCUT2D eigenvalue weighted by Crippen LogP contribution is -2.54. The Morgan fingerprint density at radius 1 is 1.60 bits per heavy atom. The molecule has 2 heterocycles. The van der Waals surface area contributed by atoms with Crippen molar-refractivity contribution in [1.29, 1.82) is 0 Å². The van der Waals surface area contributed by atoms with E-state index in [1.54, 1.807) is 6.07 Å². The summed E-state index contributed by atoms with van der Waals surface area (Å²) in [5.74, 6) is 7.13. The normalized spacial score (nSPS) is 18.9. The SMILES string of the molecule is CCOCc1nc(NN)cc(N2CCNC(=O)C2C)n1. The zero-order chi connectivity index (χ0) is 14.5. The van der Waals surface area contributed by atoms with E-state index in [1.807, 2.05) is 18.7 Å². The molecule has 1 amide bonds. The summed E-state index contributed by atoms with van der Waals surface area (Å²) in [7, 11) is 0. The monoisotopic (exact) mass is 280 g/mol. The molecule has 4 N–H and O–H groups in total. The first-order chi connectivity index (χ1) is 9.65. The summed E-state index contributed by atoms with van der Waals surface area (Å²) < 4.78 is 5.32. The van der Waals surface area contributed by atoms with Crippen LogP contribution in [-0.2, 0) is 16.1 Å². The summed E-state index contributed by atoms with van der Waals surface area (Å²) in [6.07, 6.45) is 0. The van der Waals surface area contributed by atoms with E-state index in [9.17, 15) is 4.79 Å². The Morgan fingerprint density at radius 3 is 3.10 bits per heavy atom. The summed E-state index contributed by atoms with van der Waals surface area (Å²) in [4.78, 5) is 22.3. The van der Waals surface area contributed by atoms with Gasteiger partial charge < -0.3 is 20.4 Å². The molecule has 1 fully saturated rings. The van der Waals surface area contributed by atoms with Gasteiger partial charge in [0.2, 0.25) is 5.91 Å². The lowest BCUT2D eigenvalue weighted by Gasteiger charge is -2.33. The minimum absolute atomic E-state index is 0.0107. The Balaban J connectivity index is 2.27. The van der Waals surface area contributed by atoms with Gasteiger partial charge in [0.15, 0.2) is 5.82 Å². The van der Waals surface area contributed by atoms with Crippen LogP contribution in [0.1, 0.15) is 19.7 Å². The van der Waals surface area contributed by atoms with Gasteiger partial charge in [-0.25, -0.2) is 15.8 Å². The minimum atomic E-state index is -0.274. The maximum Gasteiger partial charge on any atom is 0.242 e. The third-order valence-corrected chi connectivity index (χ3v) is 3.14. The van der Waals surface area contributed by atoms with Crippen LogP contribution in [0.3, 0.4) is 0 Å². The number of rotatable bonds is 5. The molecule has 1 aromatic heterocycles. The summed E-state index contributed by atoms with van der Waals surface area (Å²) in [6.45, 7) is 5.94. The van der Waals surface area contributed by atoms with Gasteiger partial charge in [0, 0.05) is 25.8 Å². The first-order valence-electron chi connectivity index (χ1n) is 6.62. The Kier molecular flexibility index (Phi) is 4.70. The van der Waals surface area contributed by atoms with Gasteiger partial charge >= 0.3 is 0 Å². The second-order valence-electron chi connectivity index (χ2n) is 4.47. The average molecular weight is 280 g/mol. The Morgan fingerprint density at radius 2 is 2.40 bits per heavy atom. The van der Waals surface area contributed by atoms with Crippen molar-refractivity contribution in [2.45, 2.75) is 26.5 Å². The molecular weight excluding hydrogens is 260 g/mol. The van der Waals surface area contributed by atoms with Crippen molar-refractivity contribution in [2.24, 2.45) is 5.84 Å². The van der Waals surface area contributed by atoms with E-state index < -0.39 is 0 Å². The molecule has 110 valence electrons. The molecule has 1 atom stereocenters. The maximum absolute atomic E-state index is 11.7. The highest BCUT2D eigenvalue weighted by Crippen LogP contribution is 2.19. The molecule has 0 bridgehead atoms. The van der Waals surface area contributed by atoms with E-state index in [0.29, 0.717) is 43.8 Å². The third kappa shape index (κ3) is 3.14. The second-order valence-corrected chi connectivity index (χ2v) is 4.47. The van der Waals surface area contributed by atoms with Gasteiger partial charge in [0.25, 0.3) is 0 Å². The van der Waals surface area contributed by atoms with Crippen molar-refractivity contribution >= 4 is 17.5 Å². The highest BCUT2D eigenvalue weighted by molar-refractivity contribution is 5.85. The summed E-state index contributed by atoms with van der Waals surface area (Å²) in [6, 6.07) is 1.45. The smallest absolute Gasteiger partial charge is 0.242 e. The fourth-order valence-corrected chi connectivity index (χ4v) is 2.06. The molecule has 1 saturated heterocycles. The second kappa shape index (κ2) is 6.49. The highest BCUT2D eigenvalue weighted by Gasteiger charge is 2.27. The predicted molar refractivity (Wildman–Crippen MR) is 75.0 cm³/mol. The van der Waals surface area contributed by atoms with Gasteiger partial charge in [-0.05, 0) is 13.8 Å². The fourth-order valence-electron chi connectivity index (χ4n) is 2.06. The van der Waals surface area contributed by atoms with Crippen LogP contribution >= 0.6 is 0 Å². The van der Waals surface area contributed by atoms with Gasteiger partial charge in [-0.2, -0.15) is 0 Å². The lowest BCUT2D eigenvalue weighted by atomic mass is 10.2. The largest absolute Gasteiger partial charge is 0.374 e. The van der Waals surface area contributed by atoms with Crippen LogP contribution in [0.15, 0.2) is 6.07 Å². The standard InChI is InChI=1S/C12H20N6O2/c1-3-20-7-10-15-9(17-13)6-11(16-10)18-5-4-14-12(19)8(18)2/h6,8H,3-5,7,13H2,1-2H3,(H,14,19)(H,15,16,17). The Hall–Kier alpha value is -1.93. The van der Waals surface area contributed by atoms with Crippen LogP contribution < -0.4 is 21.5 Å². The first-order valence-corrected chi connectivity index (χ1v) is 6.62. The van der Waals surface area contributed by atoms with E-state index >= 15 is 0 Å². The molecule has 1 aliphatic rings. The Bertz CT molecular complexity index is 481. The van der Waals surface area contributed by atoms with Crippen LogP contribution in [0.25, 0.3) is 0 Å². The third-order valence-electron chi connectivity index (χ3n) is 3.14. The summed E-state index contributed by atoms with van der Waals surface area (Å²) in [5, 5.41) is 2.82. The molecule has 1 unspecified atom stereocenters. The maximum atomic E-state index is 11.7. The molecule has 0 spiro atoms. The molecule has 1 aliphatic heterocycles. The molecule has 0 radical (unpaired) electrons. The molecule has 2 rings (SSSR count). The summed E-state index contributed by atoms with van der Waals surface area (Å²) in [5.41, 5.74) is 2.52. The van der Waals surface area contributed by atoms with Gasteiger partial charge in [0.05, 0.1) is 0 Å². The number of nitrogens with two attached hydrogens (primary N) is 1. The molecular formula is C12H20N6O2. The molecule has 1 aromatic rings. The van der Waals surface area contributed by atoms with Gasteiger partial charge in [0.1, 0.15) is 24.3 Å². The lowest BCUT2D eigenvalue weighted by molar-refractivity contribution is -0.122. The van der Waals surface area contributed by atoms with Gasteiger partial charge in [-0.3, -0.25) is 4.79 Å². The van der Waals surface area contributed by atoms with E-state index in [-0.39, 0.29) is 11.9 Å². The number of anilines is 2. The highest BCUT2D eigenvalue weighted by atomic mass is 16.5.